The number of amides is 2. The lowest BCUT2D eigenvalue weighted by molar-refractivity contribution is -0.133. The zero-order valence-corrected chi connectivity index (χ0v) is 14.2. The minimum atomic E-state index is -0.699. The van der Waals surface area contributed by atoms with Gasteiger partial charge in [-0.1, -0.05) is 12.3 Å². The Morgan fingerprint density at radius 1 is 1.25 bits per heavy atom. The van der Waals surface area contributed by atoms with Crippen LogP contribution in [0.1, 0.15) is 44.9 Å². The Labute approximate surface area is 143 Å². The van der Waals surface area contributed by atoms with Gasteiger partial charge in [0.05, 0.1) is 6.61 Å². The van der Waals surface area contributed by atoms with Crippen LogP contribution < -0.4 is 16.8 Å². The summed E-state index contributed by atoms with van der Waals surface area (Å²) in [5, 5.41) is 2.69. The van der Waals surface area contributed by atoms with E-state index in [1.54, 1.807) is 0 Å². The largest absolute Gasteiger partial charge is 0.380 e. The number of hydrogen-bond acceptors (Lipinski definition) is 5. The highest BCUT2D eigenvalue weighted by molar-refractivity contribution is 5.78. The van der Waals surface area contributed by atoms with Gasteiger partial charge in [-0.15, -0.1) is 5.92 Å². The Balaban J connectivity index is 2.23. The number of primary amides is 1. The number of nitrogens with two attached hydrogens (primary N) is 2. The molecule has 2 atom stereocenters. The summed E-state index contributed by atoms with van der Waals surface area (Å²) in [7, 11) is 0. The predicted octanol–water partition coefficient (Wildman–Crippen LogP) is 0.0647. The summed E-state index contributed by atoms with van der Waals surface area (Å²) in [6.07, 6.45) is 4.75. The highest BCUT2D eigenvalue weighted by Gasteiger charge is 2.20. The number of carbonyl (C=O) groups is 2. The second kappa shape index (κ2) is 12.8. The van der Waals surface area contributed by atoms with Gasteiger partial charge in [0.15, 0.2) is 0 Å². The number of carbonyl (C=O) groups excluding carboxylic acids is 2. The fourth-order valence-corrected chi connectivity index (χ4v) is 2.33. The molecule has 0 bridgehead atoms. The molecule has 1 rings (SSSR count). The van der Waals surface area contributed by atoms with Gasteiger partial charge >= 0.3 is 0 Å². The molecule has 1 aliphatic carbocycles. The molecule has 0 fully saturated rings. The van der Waals surface area contributed by atoms with E-state index in [1.165, 1.54) is 0 Å². The van der Waals surface area contributed by atoms with Crippen LogP contribution in [0, 0.1) is 11.8 Å². The fraction of sp³-hybridized carbons (Fsp3) is 0.765. The van der Waals surface area contributed by atoms with Crippen molar-refractivity contribution in [3.8, 4) is 11.8 Å². The lowest BCUT2D eigenvalue weighted by Gasteiger charge is -2.20. The van der Waals surface area contributed by atoms with Crippen molar-refractivity contribution in [1.29, 1.82) is 0 Å². The molecule has 136 valence electrons. The van der Waals surface area contributed by atoms with Crippen LogP contribution in [-0.4, -0.2) is 50.3 Å². The van der Waals surface area contributed by atoms with Crippen molar-refractivity contribution in [2.45, 2.75) is 57.2 Å². The van der Waals surface area contributed by atoms with E-state index >= 15 is 0 Å². The summed E-state index contributed by atoms with van der Waals surface area (Å²) >= 11 is 0. The first-order valence-electron chi connectivity index (χ1n) is 8.61. The molecule has 0 spiro atoms. The quantitative estimate of drug-likeness (QED) is 0.364. The first-order chi connectivity index (χ1) is 11.6. The van der Waals surface area contributed by atoms with Gasteiger partial charge < -0.3 is 26.3 Å². The molecule has 0 aromatic rings. The lowest BCUT2D eigenvalue weighted by Crippen LogP contribution is -2.36. The van der Waals surface area contributed by atoms with Crippen LogP contribution in [0.25, 0.3) is 0 Å². The maximum absolute atomic E-state index is 11.5. The molecule has 0 saturated carbocycles. The van der Waals surface area contributed by atoms with Crippen molar-refractivity contribution in [2.24, 2.45) is 11.5 Å². The van der Waals surface area contributed by atoms with Crippen molar-refractivity contribution in [1.82, 2.24) is 5.32 Å². The Morgan fingerprint density at radius 3 is 2.83 bits per heavy atom. The van der Waals surface area contributed by atoms with Gasteiger partial charge in [-0.25, -0.2) is 0 Å². The first kappa shape index (κ1) is 20.4. The summed E-state index contributed by atoms with van der Waals surface area (Å²) in [5.74, 6) is 5.55. The number of hydrogen-bond donors (Lipinski definition) is 3. The molecule has 0 heterocycles. The molecule has 0 radical (unpaired) electrons. The van der Waals surface area contributed by atoms with Crippen LogP contribution in [0.2, 0.25) is 0 Å². The van der Waals surface area contributed by atoms with E-state index < -0.39 is 12.0 Å². The molecule has 1 aliphatic rings. The van der Waals surface area contributed by atoms with E-state index in [2.05, 4.69) is 17.2 Å². The molecule has 7 nitrogen and oxygen atoms in total. The van der Waals surface area contributed by atoms with Gasteiger partial charge in [0.25, 0.3) is 0 Å². The second-order valence-electron chi connectivity index (χ2n) is 5.73. The zero-order chi connectivity index (χ0) is 17.6. The number of rotatable bonds is 11. The second-order valence-corrected chi connectivity index (χ2v) is 5.73. The van der Waals surface area contributed by atoms with Crippen molar-refractivity contribution in [3.63, 3.8) is 0 Å². The normalized spacial score (nSPS) is 18.6. The van der Waals surface area contributed by atoms with E-state index in [0.29, 0.717) is 39.1 Å². The minimum absolute atomic E-state index is 0.0951. The molecule has 0 aliphatic heterocycles. The number of ether oxygens (including phenoxy) is 2. The topological polar surface area (TPSA) is 117 Å². The minimum Gasteiger partial charge on any atom is -0.380 e. The molecule has 7 heteroatoms. The number of nitrogens with one attached hydrogen (secondary N) is 1. The molecule has 2 unspecified atom stereocenters. The summed E-state index contributed by atoms with van der Waals surface area (Å²) in [5.41, 5.74) is 10.7. The lowest BCUT2D eigenvalue weighted by atomic mass is 10.1. The molecular weight excluding hydrogens is 310 g/mol. The summed E-state index contributed by atoms with van der Waals surface area (Å²) in [4.78, 5) is 22.7. The highest BCUT2D eigenvalue weighted by atomic mass is 16.5. The Morgan fingerprint density at radius 2 is 2.08 bits per heavy atom. The van der Waals surface area contributed by atoms with Crippen LogP contribution in [0.4, 0.5) is 0 Å². The summed E-state index contributed by atoms with van der Waals surface area (Å²) in [6, 6.07) is 0. The highest BCUT2D eigenvalue weighted by Crippen LogP contribution is 2.13. The Bertz CT molecular complexity index is 445. The third kappa shape index (κ3) is 9.50. The smallest absolute Gasteiger partial charge is 0.246 e. The Kier molecular flexibility index (Phi) is 10.9. The van der Waals surface area contributed by atoms with E-state index in [1.807, 2.05) is 0 Å². The fourth-order valence-electron chi connectivity index (χ4n) is 2.33. The van der Waals surface area contributed by atoms with Crippen molar-refractivity contribution >= 4 is 11.8 Å². The average Bonchev–Trinajstić information content (AvgIpc) is 2.51. The summed E-state index contributed by atoms with van der Waals surface area (Å²) in [6.45, 7) is 1.44. The SMILES string of the molecule is NCCC(=O)NCCOCCC(OC1C#CCCCCC1)C(N)=O. The van der Waals surface area contributed by atoms with Gasteiger partial charge in [-0.05, 0) is 19.3 Å². The monoisotopic (exact) mass is 339 g/mol. The predicted molar refractivity (Wildman–Crippen MR) is 90.8 cm³/mol. The third-order valence-electron chi connectivity index (χ3n) is 3.64. The molecular formula is C17H29N3O4. The zero-order valence-electron chi connectivity index (χ0n) is 14.2. The van der Waals surface area contributed by atoms with Gasteiger partial charge in [-0.3, -0.25) is 9.59 Å². The van der Waals surface area contributed by atoms with E-state index in [9.17, 15) is 9.59 Å². The standard InChI is InChI=1S/C17H29N3O4/c18-10-8-16(21)20-11-13-23-12-9-15(17(19)22)24-14-6-4-2-1-3-5-7-14/h14-15H,1-4,6,8-13,18H2,(H2,19,22)(H,20,21). The molecule has 0 saturated heterocycles. The molecule has 0 aromatic heterocycles. The van der Waals surface area contributed by atoms with E-state index in [0.717, 1.165) is 32.1 Å². The van der Waals surface area contributed by atoms with Crippen LogP contribution in [0.15, 0.2) is 0 Å². The van der Waals surface area contributed by atoms with Gasteiger partial charge in [0, 0.05) is 39.0 Å². The van der Waals surface area contributed by atoms with Crippen LogP contribution in [0.3, 0.4) is 0 Å². The van der Waals surface area contributed by atoms with Gasteiger partial charge in [0.1, 0.15) is 12.2 Å². The van der Waals surface area contributed by atoms with Gasteiger partial charge in [-0.2, -0.15) is 0 Å². The van der Waals surface area contributed by atoms with Gasteiger partial charge in [0.2, 0.25) is 11.8 Å². The third-order valence-corrected chi connectivity index (χ3v) is 3.64. The molecule has 0 aromatic carbocycles. The molecule has 5 N–H and O–H groups in total. The van der Waals surface area contributed by atoms with E-state index in [4.69, 9.17) is 20.9 Å². The molecule has 2 amide bonds. The first-order valence-corrected chi connectivity index (χ1v) is 8.61. The van der Waals surface area contributed by atoms with E-state index in [-0.39, 0.29) is 12.0 Å². The summed E-state index contributed by atoms with van der Waals surface area (Å²) < 4.78 is 11.2. The van der Waals surface area contributed by atoms with Crippen molar-refractivity contribution in [2.75, 3.05) is 26.3 Å². The van der Waals surface area contributed by atoms with Crippen LogP contribution in [0.5, 0.6) is 0 Å². The van der Waals surface area contributed by atoms with Crippen LogP contribution in [-0.2, 0) is 19.1 Å². The van der Waals surface area contributed by atoms with Crippen molar-refractivity contribution < 1.29 is 19.1 Å². The van der Waals surface area contributed by atoms with Crippen molar-refractivity contribution in [3.05, 3.63) is 0 Å². The maximum atomic E-state index is 11.5. The van der Waals surface area contributed by atoms with Crippen LogP contribution >= 0.6 is 0 Å². The average molecular weight is 339 g/mol. The molecule has 24 heavy (non-hydrogen) atoms. The maximum Gasteiger partial charge on any atom is 0.246 e. The Hall–Kier alpha value is -1.62.